The lowest BCUT2D eigenvalue weighted by molar-refractivity contribution is 0.00721. The Bertz CT molecular complexity index is 1620. The molecule has 3 aromatic heterocycles. The third-order valence-electron chi connectivity index (χ3n) is 8.23. The highest BCUT2D eigenvalue weighted by Crippen LogP contribution is 2.40. The zero-order valence-corrected chi connectivity index (χ0v) is 24.2. The van der Waals surface area contributed by atoms with E-state index in [4.69, 9.17) is 9.97 Å². The van der Waals surface area contributed by atoms with Crippen molar-refractivity contribution in [2.24, 2.45) is 0 Å². The van der Waals surface area contributed by atoms with E-state index in [1.54, 1.807) is 17.2 Å². The van der Waals surface area contributed by atoms with Gasteiger partial charge >= 0.3 is 0 Å². The van der Waals surface area contributed by atoms with Gasteiger partial charge in [-0.1, -0.05) is 67.6 Å². The maximum atomic E-state index is 11.2. The molecule has 11 nitrogen and oxygen atoms in total. The number of benzene rings is 2. The molecular formula is C32H38N8O3. The molecule has 11 heteroatoms. The van der Waals surface area contributed by atoms with Crippen molar-refractivity contribution in [3.05, 3.63) is 96.1 Å². The van der Waals surface area contributed by atoms with Crippen molar-refractivity contribution >= 4 is 22.9 Å². The number of aliphatic hydroxyl groups is 3. The predicted octanol–water partition coefficient (Wildman–Crippen LogP) is 3.16. The van der Waals surface area contributed by atoms with Gasteiger partial charge in [-0.05, 0) is 42.4 Å². The molecule has 1 aliphatic rings. The topological polar surface area (TPSA) is 146 Å². The van der Waals surface area contributed by atoms with Gasteiger partial charge in [0, 0.05) is 12.7 Å². The third kappa shape index (κ3) is 6.24. The van der Waals surface area contributed by atoms with E-state index in [0.29, 0.717) is 42.3 Å². The second-order valence-corrected chi connectivity index (χ2v) is 11.1. The van der Waals surface area contributed by atoms with E-state index < -0.39 is 18.2 Å². The number of nitrogens with one attached hydrogen (secondary N) is 2. The van der Waals surface area contributed by atoms with Crippen molar-refractivity contribution < 1.29 is 15.3 Å². The number of aryl methyl sites for hydroxylation is 1. The Kier molecular flexibility index (Phi) is 8.64. The molecule has 0 amide bonds. The summed E-state index contributed by atoms with van der Waals surface area (Å²) in [6.07, 6.45) is 6.01. The van der Waals surface area contributed by atoms with Gasteiger partial charge in [-0.25, -0.2) is 4.98 Å². The van der Waals surface area contributed by atoms with E-state index >= 15 is 0 Å². The smallest absolute Gasteiger partial charge is 0.227 e. The fraction of sp³-hybridized carbons (Fsp3) is 0.375. The van der Waals surface area contributed by atoms with E-state index in [1.807, 2.05) is 59.3 Å². The zero-order chi connectivity index (χ0) is 29.8. The zero-order valence-electron chi connectivity index (χ0n) is 24.2. The highest BCUT2D eigenvalue weighted by molar-refractivity contribution is 5.84. The fourth-order valence-electron chi connectivity index (χ4n) is 5.82. The summed E-state index contributed by atoms with van der Waals surface area (Å²) < 4.78 is 3.58. The van der Waals surface area contributed by atoms with Crippen molar-refractivity contribution in [1.29, 1.82) is 0 Å². The number of fused-ring (bicyclic) bond motifs is 1. The average molecular weight is 583 g/mol. The van der Waals surface area contributed by atoms with Crippen LogP contribution in [0.2, 0.25) is 0 Å². The molecule has 1 aliphatic carbocycles. The predicted molar refractivity (Wildman–Crippen MR) is 165 cm³/mol. The summed E-state index contributed by atoms with van der Waals surface area (Å²) in [7, 11) is 0. The van der Waals surface area contributed by atoms with E-state index in [-0.39, 0.29) is 18.7 Å². The first-order chi connectivity index (χ1) is 21.0. The lowest BCUT2D eigenvalue weighted by atomic mass is 10.1. The molecule has 5 aromatic rings. The molecular weight excluding hydrogens is 544 g/mol. The molecule has 0 aliphatic heterocycles. The van der Waals surface area contributed by atoms with Crippen LogP contribution in [0.25, 0.3) is 11.2 Å². The Hall–Kier alpha value is -4.32. The highest BCUT2D eigenvalue weighted by Gasteiger charge is 2.44. The first kappa shape index (κ1) is 28.8. The summed E-state index contributed by atoms with van der Waals surface area (Å²) >= 11 is 0. The van der Waals surface area contributed by atoms with Crippen LogP contribution in [0.5, 0.6) is 0 Å². The lowest BCUT2D eigenvalue weighted by Crippen LogP contribution is -2.30. The summed E-state index contributed by atoms with van der Waals surface area (Å²) in [5.41, 5.74) is 4.45. The summed E-state index contributed by atoms with van der Waals surface area (Å²) in [5.74, 6) is 0.901. The van der Waals surface area contributed by atoms with Gasteiger partial charge in [-0.2, -0.15) is 15.1 Å². The molecule has 0 radical (unpaired) electrons. The minimum atomic E-state index is -1.04. The van der Waals surface area contributed by atoms with Crippen LogP contribution in [0, 0.1) is 0 Å². The van der Waals surface area contributed by atoms with Crippen LogP contribution < -0.4 is 10.6 Å². The summed E-state index contributed by atoms with van der Waals surface area (Å²) in [4.78, 5) is 14.2. The number of rotatable bonds is 12. The maximum Gasteiger partial charge on any atom is 0.227 e. The van der Waals surface area contributed by atoms with Crippen LogP contribution in [0.3, 0.4) is 0 Å². The number of anilines is 2. The van der Waals surface area contributed by atoms with Crippen LogP contribution in [-0.2, 0) is 19.3 Å². The van der Waals surface area contributed by atoms with Gasteiger partial charge in [0.15, 0.2) is 17.0 Å². The molecule has 2 aromatic carbocycles. The molecule has 224 valence electrons. The average Bonchev–Trinajstić information content (AvgIpc) is 3.76. The first-order valence-electron chi connectivity index (χ1n) is 14.9. The van der Waals surface area contributed by atoms with Gasteiger partial charge < -0.3 is 30.5 Å². The SMILES string of the molecule is CCc1cnn([C@H]2CC(n3cnc4c(NCCc5ccccc5)nc(N[C@H](CO)Cc5ccccc5)nc43)[C@H](O)[C@@H]2O)c1. The number of imidazole rings is 1. The second kappa shape index (κ2) is 12.9. The summed E-state index contributed by atoms with van der Waals surface area (Å²) in [5, 5.41) is 43.6. The van der Waals surface area contributed by atoms with Gasteiger partial charge in [-0.15, -0.1) is 0 Å². The normalized spacial score (nSPS) is 20.8. The molecule has 3 heterocycles. The maximum absolute atomic E-state index is 11.2. The number of aliphatic hydroxyl groups excluding tert-OH is 3. The summed E-state index contributed by atoms with van der Waals surface area (Å²) in [6, 6.07) is 19.0. The van der Waals surface area contributed by atoms with Crippen LogP contribution in [-0.4, -0.2) is 76.0 Å². The molecule has 1 fully saturated rings. The van der Waals surface area contributed by atoms with Crippen molar-refractivity contribution in [1.82, 2.24) is 29.3 Å². The van der Waals surface area contributed by atoms with E-state index in [9.17, 15) is 15.3 Å². The number of hydrogen-bond acceptors (Lipinski definition) is 9. The first-order valence-corrected chi connectivity index (χ1v) is 14.9. The Morgan fingerprint density at radius 1 is 0.930 bits per heavy atom. The highest BCUT2D eigenvalue weighted by atomic mass is 16.3. The molecule has 1 unspecified atom stereocenters. The van der Waals surface area contributed by atoms with Gasteiger partial charge in [0.1, 0.15) is 12.2 Å². The molecule has 6 rings (SSSR count). The van der Waals surface area contributed by atoms with Crippen LogP contribution in [0.4, 0.5) is 11.8 Å². The quantitative estimate of drug-likeness (QED) is 0.150. The Balaban J connectivity index is 1.31. The van der Waals surface area contributed by atoms with E-state index in [2.05, 4.69) is 39.8 Å². The number of nitrogens with zero attached hydrogens (tertiary/aromatic N) is 6. The van der Waals surface area contributed by atoms with Crippen LogP contribution >= 0.6 is 0 Å². The molecule has 1 saturated carbocycles. The van der Waals surface area contributed by atoms with E-state index in [1.165, 1.54) is 5.56 Å². The van der Waals surface area contributed by atoms with Crippen molar-refractivity contribution in [2.45, 2.75) is 62.9 Å². The second-order valence-electron chi connectivity index (χ2n) is 11.1. The molecule has 0 bridgehead atoms. The van der Waals surface area contributed by atoms with Crippen LogP contribution in [0.15, 0.2) is 79.4 Å². The molecule has 0 spiro atoms. The molecule has 5 N–H and O–H groups in total. The van der Waals surface area contributed by atoms with Gasteiger partial charge in [0.2, 0.25) is 5.95 Å². The number of aromatic nitrogens is 6. The minimum absolute atomic E-state index is 0.106. The fourth-order valence-corrected chi connectivity index (χ4v) is 5.82. The largest absolute Gasteiger partial charge is 0.394 e. The van der Waals surface area contributed by atoms with Gasteiger partial charge in [0.05, 0.1) is 37.3 Å². The molecule has 43 heavy (non-hydrogen) atoms. The van der Waals surface area contributed by atoms with Crippen molar-refractivity contribution in [3.8, 4) is 0 Å². The van der Waals surface area contributed by atoms with Crippen LogP contribution in [0.1, 0.15) is 42.1 Å². The Labute approximate surface area is 250 Å². The van der Waals surface area contributed by atoms with Crippen molar-refractivity contribution in [2.75, 3.05) is 23.8 Å². The van der Waals surface area contributed by atoms with Crippen molar-refractivity contribution in [3.63, 3.8) is 0 Å². The monoisotopic (exact) mass is 582 g/mol. The summed E-state index contributed by atoms with van der Waals surface area (Å²) in [6.45, 7) is 2.58. The number of hydrogen-bond donors (Lipinski definition) is 5. The third-order valence-corrected chi connectivity index (χ3v) is 8.23. The standard InChI is InChI=1S/C32H38N8O3/c1-2-21-17-35-40(18-21)26-16-25(28(42)29(26)43)39-20-34-27-30(33-14-13-22-9-5-3-6-10-22)37-32(38-31(27)39)36-24(19-41)15-23-11-7-4-8-12-23/h3-12,17-18,20,24-26,28-29,41-43H,2,13-16,19H2,1H3,(H2,33,36,37,38)/t24-,25?,26-,28-,29+/m0/s1. The Morgan fingerprint density at radius 3 is 2.35 bits per heavy atom. The molecule has 0 saturated heterocycles. The van der Waals surface area contributed by atoms with Gasteiger partial charge in [-0.3, -0.25) is 4.68 Å². The van der Waals surface area contributed by atoms with E-state index in [0.717, 1.165) is 24.0 Å². The Morgan fingerprint density at radius 2 is 1.65 bits per heavy atom. The lowest BCUT2D eigenvalue weighted by Gasteiger charge is -2.20. The minimum Gasteiger partial charge on any atom is -0.394 e. The molecule has 5 atom stereocenters. The van der Waals surface area contributed by atoms with Gasteiger partial charge in [0.25, 0.3) is 0 Å².